The zero-order valence-electron chi connectivity index (χ0n) is 14.0. The minimum atomic E-state index is 0.231. The standard InChI is InChI=1S/C17H30INOS/c1-5-7-9-11-13-17(3,12-10-8-6-2)14-15(20-4)19-16(18)21-14/h5-13H2,1-4H3. The zero-order valence-corrected chi connectivity index (χ0v) is 17.0. The van der Waals surface area contributed by atoms with E-state index in [2.05, 4.69) is 48.3 Å². The third kappa shape index (κ3) is 6.05. The normalized spacial score (nSPS) is 14.1. The summed E-state index contributed by atoms with van der Waals surface area (Å²) in [6.45, 7) is 6.96. The fourth-order valence-corrected chi connectivity index (χ4v) is 4.70. The molecule has 122 valence electrons. The number of unbranched alkanes of at least 4 members (excludes halogenated alkanes) is 5. The molecule has 0 bridgehead atoms. The number of rotatable bonds is 11. The molecule has 1 atom stereocenters. The second-order valence-electron chi connectivity index (χ2n) is 6.13. The Morgan fingerprint density at radius 3 is 2.19 bits per heavy atom. The molecule has 1 heterocycles. The molecule has 0 aliphatic carbocycles. The predicted octanol–water partition coefficient (Wildman–Crippen LogP) is 6.56. The van der Waals surface area contributed by atoms with Crippen LogP contribution in [0.4, 0.5) is 0 Å². The van der Waals surface area contributed by atoms with Crippen LogP contribution in [0.3, 0.4) is 0 Å². The first-order chi connectivity index (χ1) is 10.1. The van der Waals surface area contributed by atoms with Crippen molar-refractivity contribution in [2.45, 2.75) is 84.0 Å². The first-order valence-corrected chi connectivity index (χ1v) is 10.2. The van der Waals surface area contributed by atoms with E-state index in [-0.39, 0.29) is 5.41 Å². The van der Waals surface area contributed by atoms with Gasteiger partial charge in [-0.05, 0) is 35.4 Å². The van der Waals surface area contributed by atoms with Crippen molar-refractivity contribution in [3.8, 4) is 5.88 Å². The number of methoxy groups -OCH3 is 1. The van der Waals surface area contributed by atoms with Gasteiger partial charge in [-0.2, -0.15) is 4.98 Å². The van der Waals surface area contributed by atoms with Gasteiger partial charge in [-0.25, -0.2) is 0 Å². The number of aromatic nitrogens is 1. The molecule has 0 amide bonds. The van der Waals surface area contributed by atoms with Crippen molar-refractivity contribution >= 4 is 33.9 Å². The van der Waals surface area contributed by atoms with Crippen molar-refractivity contribution in [2.75, 3.05) is 7.11 Å². The summed E-state index contributed by atoms with van der Waals surface area (Å²) < 4.78 is 6.63. The van der Waals surface area contributed by atoms with Gasteiger partial charge in [0.05, 0.1) is 12.0 Å². The first kappa shape index (κ1) is 19.2. The van der Waals surface area contributed by atoms with Crippen molar-refractivity contribution in [2.24, 2.45) is 0 Å². The maximum Gasteiger partial charge on any atom is 0.229 e. The average molecular weight is 423 g/mol. The van der Waals surface area contributed by atoms with Crippen LogP contribution >= 0.6 is 33.9 Å². The van der Waals surface area contributed by atoms with E-state index in [4.69, 9.17) is 4.74 Å². The lowest BCUT2D eigenvalue weighted by molar-refractivity contribution is 0.340. The highest BCUT2D eigenvalue weighted by Crippen LogP contribution is 2.43. The lowest BCUT2D eigenvalue weighted by Gasteiger charge is -2.29. The largest absolute Gasteiger partial charge is 0.480 e. The van der Waals surface area contributed by atoms with Gasteiger partial charge < -0.3 is 4.74 Å². The Morgan fingerprint density at radius 2 is 1.62 bits per heavy atom. The first-order valence-electron chi connectivity index (χ1n) is 8.28. The van der Waals surface area contributed by atoms with E-state index in [9.17, 15) is 0 Å². The van der Waals surface area contributed by atoms with Crippen LogP contribution < -0.4 is 4.74 Å². The van der Waals surface area contributed by atoms with Crippen LogP contribution in [0.1, 0.15) is 83.4 Å². The Balaban J connectivity index is 2.82. The van der Waals surface area contributed by atoms with Crippen LogP contribution in [-0.4, -0.2) is 12.1 Å². The minimum Gasteiger partial charge on any atom is -0.480 e. The molecule has 1 unspecified atom stereocenters. The molecule has 0 N–H and O–H groups in total. The molecule has 1 rings (SSSR count). The quantitative estimate of drug-likeness (QED) is 0.297. The highest BCUT2D eigenvalue weighted by molar-refractivity contribution is 14.1. The summed E-state index contributed by atoms with van der Waals surface area (Å²) in [6, 6.07) is 0. The Bertz CT molecular complexity index is 407. The fourth-order valence-electron chi connectivity index (χ4n) is 2.86. The molecule has 0 aliphatic rings. The fraction of sp³-hybridized carbons (Fsp3) is 0.824. The second kappa shape index (κ2) is 10.0. The van der Waals surface area contributed by atoms with E-state index in [1.165, 1.54) is 62.7 Å². The third-order valence-electron chi connectivity index (χ3n) is 4.23. The summed E-state index contributed by atoms with van der Waals surface area (Å²) in [4.78, 5) is 5.91. The van der Waals surface area contributed by atoms with Gasteiger partial charge in [0.1, 0.15) is 0 Å². The summed E-state index contributed by atoms with van der Waals surface area (Å²) >= 11 is 4.13. The Hall–Kier alpha value is 0.160. The highest BCUT2D eigenvalue weighted by atomic mass is 127. The molecular formula is C17H30INOS. The molecule has 0 aromatic carbocycles. The number of thiazole rings is 1. The van der Waals surface area contributed by atoms with Gasteiger partial charge in [-0.3, -0.25) is 0 Å². The highest BCUT2D eigenvalue weighted by Gasteiger charge is 2.32. The molecule has 1 aromatic heterocycles. The topological polar surface area (TPSA) is 22.1 Å². The summed E-state index contributed by atoms with van der Waals surface area (Å²) in [5.41, 5.74) is 0.231. The number of hydrogen-bond acceptors (Lipinski definition) is 3. The van der Waals surface area contributed by atoms with Crippen LogP contribution in [0.5, 0.6) is 5.88 Å². The molecule has 0 spiro atoms. The van der Waals surface area contributed by atoms with E-state index < -0.39 is 0 Å². The summed E-state index contributed by atoms with van der Waals surface area (Å²) in [5.74, 6) is 0.860. The van der Waals surface area contributed by atoms with Gasteiger partial charge in [-0.1, -0.05) is 65.7 Å². The molecule has 2 nitrogen and oxygen atoms in total. The zero-order chi connectivity index (χ0) is 15.7. The van der Waals surface area contributed by atoms with Gasteiger partial charge in [0, 0.05) is 5.41 Å². The van der Waals surface area contributed by atoms with Gasteiger partial charge in [0.15, 0.2) is 3.01 Å². The Morgan fingerprint density at radius 1 is 1.05 bits per heavy atom. The SMILES string of the molecule is CCCCCCC(C)(CCCCC)c1sc(I)nc1OC. The van der Waals surface area contributed by atoms with Crippen LogP contribution in [0.25, 0.3) is 0 Å². The van der Waals surface area contributed by atoms with E-state index >= 15 is 0 Å². The maximum atomic E-state index is 5.54. The number of hydrogen-bond donors (Lipinski definition) is 0. The smallest absolute Gasteiger partial charge is 0.229 e. The summed E-state index contributed by atoms with van der Waals surface area (Å²) in [7, 11) is 1.75. The van der Waals surface area contributed by atoms with Crippen molar-refractivity contribution in [1.29, 1.82) is 0 Å². The maximum absolute atomic E-state index is 5.54. The van der Waals surface area contributed by atoms with Gasteiger partial charge in [-0.15, -0.1) is 11.3 Å². The molecule has 0 radical (unpaired) electrons. The van der Waals surface area contributed by atoms with E-state index in [0.29, 0.717) is 0 Å². The molecular weight excluding hydrogens is 393 g/mol. The summed E-state index contributed by atoms with van der Waals surface area (Å²) in [5, 5.41) is 0. The van der Waals surface area contributed by atoms with E-state index in [0.717, 1.165) is 8.89 Å². The Labute approximate surface area is 148 Å². The molecule has 4 heteroatoms. The van der Waals surface area contributed by atoms with Crippen LogP contribution in [0.15, 0.2) is 0 Å². The number of nitrogens with zero attached hydrogens (tertiary/aromatic N) is 1. The molecule has 0 saturated carbocycles. The minimum absolute atomic E-state index is 0.231. The van der Waals surface area contributed by atoms with Crippen molar-refractivity contribution in [3.63, 3.8) is 0 Å². The van der Waals surface area contributed by atoms with Gasteiger partial charge in [0.2, 0.25) is 5.88 Å². The third-order valence-corrected chi connectivity index (χ3v) is 6.26. The number of halogens is 1. The molecule has 0 saturated heterocycles. The van der Waals surface area contributed by atoms with E-state index in [1.54, 1.807) is 7.11 Å². The Kier molecular flexibility index (Phi) is 9.18. The second-order valence-corrected chi connectivity index (χ2v) is 8.89. The lowest BCUT2D eigenvalue weighted by atomic mass is 9.78. The molecule has 0 fully saturated rings. The van der Waals surface area contributed by atoms with Crippen molar-refractivity contribution in [3.05, 3.63) is 7.89 Å². The predicted molar refractivity (Wildman–Crippen MR) is 102 cm³/mol. The van der Waals surface area contributed by atoms with Crippen LogP contribution in [0, 0.1) is 3.01 Å². The average Bonchev–Trinajstić information content (AvgIpc) is 2.86. The van der Waals surface area contributed by atoms with E-state index in [1.807, 2.05) is 11.3 Å². The monoisotopic (exact) mass is 423 g/mol. The van der Waals surface area contributed by atoms with Crippen LogP contribution in [-0.2, 0) is 5.41 Å². The van der Waals surface area contributed by atoms with Crippen LogP contribution in [0.2, 0.25) is 0 Å². The summed E-state index contributed by atoms with van der Waals surface area (Å²) in [6.07, 6.45) is 11.7. The van der Waals surface area contributed by atoms with Gasteiger partial charge in [0.25, 0.3) is 0 Å². The lowest BCUT2D eigenvalue weighted by Crippen LogP contribution is -2.21. The van der Waals surface area contributed by atoms with Gasteiger partial charge >= 0.3 is 0 Å². The number of ether oxygens (including phenoxy) is 1. The molecule has 0 aliphatic heterocycles. The molecule has 1 aromatic rings. The van der Waals surface area contributed by atoms with Crippen molar-refractivity contribution in [1.82, 2.24) is 4.98 Å². The van der Waals surface area contributed by atoms with Crippen molar-refractivity contribution < 1.29 is 4.74 Å². The molecule has 21 heavy (non-hydrogen) atoms.